The molecule has 7 nitrogen and oxygen atoms in total. The van der Waals surface area contributed by atoms with Gasteiger partial charge >= 0.3 is 0 Å². The lowest BCUT2D eigenvalue weighted by Gasteiger charge is -2.11. The normalized spacial score (nSPS) is 11.0. The van der Waals surface area contributed by atoms with E-state index in [0.29, 0.717) is 29.4 Å². The van der Waals surface area contributed by atoms with Gasteiger partial charge in [0.1, 0.15) is 11.9 Å². The lowest BCUT2D eigenvalue weighted by atomic mass is 9.98. The van der Waals surface area contributed by atoms with Crippen molar-refractivity contribution >= 4 is 39.3 Å². The standard InChI is InChI=1S/C19H14ClFN4O3S/c20-18-11(2-1-7-24-29(27)28)3-5-14(21)17(18)19(26)12-4-6-15-16(8-12)25-13(9-22)10-23-15/h3-6,8,10,29H,1-2,7H2,(H,24,27,28). The fourth-order valence-corrected chi connectivity index (χ4v) is 3.47. The number of aryl methyl sites for hydroxylation is 1. The molecule has 1 N–H and O–H groups in total. The molecule has 0 saturated carbocycles. The van der Waals surface area contributed by atoms with Crippen LogP contribution in [0.1, 0.15) is 33.6 Å². The van der Waals surface area contributed by atoms with E-state index in [1.165, 1.54) is 24.4 Å². The second kappa shape index (κ2) is 9.05. The number of nitrogens with one attached hydrogen (secondary N) is 1. The maximum Gasteiger partial charge on any atom is 0.201 e. The first-order chi connectivity index (χ1) is 13.9. The first-order valence-electron chi connectivity index (χ1n) is 8.47. The topological polar surface area (TPSA) is 113 Å². The summed E-state index contributed by atoms with van der Waals surface area (Å²) in [6, 6.07) is 8.98. The van der Waals surface area contributed by atoms with Crippen LogP contribution in [0.2, 0.25) is 5.02 Å². The van der Waals surface area contributed by atoms with Crippen LogP contribution in [-0.4, -0.2) is 30.7 Å². The number of carbonyl (C=O) groups excluding carboxylic acids is 1. The highest BCUT2D eigenvalue weighted by molar-refractivity contribution is 7.70. The van der Waals surface area contributed by atoms with Crippen molar-refractivity contribution in [3.8, 4) is 6.07 Å². The quantitative estimate of drug-likeness (QED) is 0.337. The van der Waals surface area contributed by atoms with Gasteiger partial charge in [0, 0.05) is 12.1 Å². The third-order valence-electron chi connectivity index (χ3n) is 4.18. The van der Waals surface area contributed by atoms with Gasteiger partial charge in [0.05, 0.1) is 27.8 Å². The van der Waals surface area contributed by atoms with Gasteiger partial charge in [-0.05, 0) is 42.7 Å². The second-order valence-corrected chi connectivity index (χ2v) is 7.27. The molecule has 0 aliphatic carbocycles. The number of halogens is 2. The first kappa shape index (κ1) is 20.8. The van der Waals surface area contributed by atoms with Gasteiger partial charge in [0.15, 0.2) is 11.5 Å². The van der Waals surface area contributed by atoms with E-state index in [-0.39, 0.29) is 28.4 Å². The van der Waals surface area contributed by atoms with E-state index in [1.54, 1.807) is 6.07 Å². The molecule has 0 aliphatic rings. The molecule has 0 fully saturated rings. The van der Waals surface area contributed by atoms with Crippen LogP contribution in [0.25, 0.3) is 11.0 Å². The van der Waals surface area contributed by atoms with E-state index in [1.807, 2.05) is 6.07 Å². The van der Waals surface area contributed by atoms with Gasteiger partial charge in [-0.15, -0.1) is 0 Å². The molecule has 0 spiro atoms. The second-order valence-electron chi connectivity index (χ2n) is 6.06. The summed E-state index contributed by atoms with van der Waals surface area (Å²) in [5, 5.41) is 8.94. The van der Waals surface area contributed by atoms with Crippen molar-refractivity contribution in [2.45, 2.75) is 12.8 Å². The maximum atomic E-state index is 14.4. The van der Waals surface area contributed by atoms with Crippen LogP contribution >= 0.6 is 11.6 Å². The molecule has 2 aromatic carbocycles. The highest BCUT2D eigenvalue weighted by Crippen LogP contribution is 2.28. The molecule has 10 heteroatoms. The highest BCUT2D eigenvalue weighted by atomic mass is 35.5. The molecule has 3 rings (SSSR count). The minimum Gasteiger partial charge on any atom is -0.288 e. The van der Waals surface area contributed by atoms with Gasteiger partial charge in [-0.3, -0.25) is 9.78 Å². The molecule has 1 heterocycles. The molecule has 3 aromatic rings. The van der Waals surface area contributed by atoms with E-state index in [9.17, 15) is 17.6 Å². The number of benzene rings is 2. The molecule has 0 amide bonds. The Labute approximate surface area is 172 Å². The molecule has 0 saturated heterocycles. The number of rotatable bonds is 7. The van der Waals surface area contributed by atoms with Crippen molar-refractivity contribution in [1.29, 1.82) is 5.26 Å². The summed E-state index contributed by atoms with van der Waals surface area (Å²) in [5.74, 6) is -1.39. The summed E-state index contributed by atoms with van der Waals surface area (Å²) in [6.45, 7) is 0.209. The number of nitrogens with zero attached hydrogens (tertiary/aromatic N) is 3. The van der Waals surface area contributed by atoms with Gasteiger partial charge in [0.2, 0.25) is 10.9 Å². The number of ketones is 1. The number of nitriles is 1. The smallest absolute Gasteiger partial charge is 0.201 e. The summed E-state index contributed by atoms with van der Waals surface area (Å²) in [4.78, 5) is 21.1. The fourth-order valence-electron chi connectivity index (χ4n) is 2.80. The van der Waals surface area contributed by atoms with Crippen LogP contribution in [0, 0.1) is 17.1 Å². The third kappa shape index (κ3) is 4.74. The SMILES string of the molecule is N#Cc1cnc2ccc(C(=O)c3c(F)ccc(CCCN[SH](=O)=O)c3Cl)cc2n1. The molecule has 1 aromatic heterocycles. The van der Waals surface area contributed by atoms with Crippen LogP contribution < -0.4 is 4.72 Å². The van der Waals surface area contributed by atoms with Gasteiger partial charge in [-0.1, -0.05) is 17.7 Å². The fraction of sp³-hybridized carbons (Fsp3) is 0.158. The molecule has 0 bridgehead atoms. The van der Waals surface area contributed by atoms with E-state index >= 15 is 0 Å². The number of hydrogen-bond acceptors (Lipinski definition) is 6. The molecule has 29 heavy (non-hydrogen) atoms. The number of thiol groups is 1. The number of fused-ring (bicyclic) bond motifs is 1. The zero-order chi connectivity index (χ0) is 21.0. The summed E-state index contributed by atoms with van der Waals surface area (Å²) >= 11 is 6.29. The maximum absolute atomic E-state index is 14.4. The minimum atomic E-state index is -2.69. The molecule has 0 radical (unpaired) electrons. The van der Waals surface area contributed by atoms with Gasteiger partial charge in [-0.25, -0.2) is 22.5 Å². The van der Waals surface area contributed by atoms with Crippen molar-refractivity contribution in [2.24, 2.45) is 0 Å². The average Bonchev–Trinajstić information content (AvgIpc) is 2.71. The summed E-state index contributed by atoms with van der Waals surface area (Å²) in [7, 11) is -2.69. The average molecular weight is 433 g/mol. The predicted octanol–water partition coefficient (Wildman–Crippen LogP) is 2.57. The van der Waals surface area contributed by atoms with Crippen LogP contribution in [0.15, 0.2) is 36.5 Å². The zero-order valence-electron chi connectivity index (χ0n) is 14.9. The van der Waals surface area contributed by atoms with E-state index in [4.69, 9.17) is 16.9 Å². The van der Waals surface area contributed by atoms with Crippen LogP contribution in [0.3, 0.4) is 0 Å². The zero-order valence-corrected chi connectivity index (χ0v) is 16.5. The van der Waals surface area contributed by atoms with E-state index in [2.05, 4.69) is 14.7 Å². The Morgan fingerprint density at radius 3 is 2.76 bits per heavy atom. The largest absolute Gasteiger partial charge is 0.288 e. The lowest BCUT2D eigenvalue weighted by molar-refractivity contribution is 0.103. The van der Waals surface area contributed by atoms with Gasteiger partial charge < -0.3 is 0 Å². The van der Waals surface area contributed by atoms with Crippen LogP contribution in [0.4, 0.5) is 4.39 Å². The molecular formula is C19H14ClFN4O3S. The summed E-state index contributed by atoms with van der Waals surface area (Å²) < 4.78 is 37.8. The Morgan fingerprint density at radius 1 is 1.24 bits per heavy atom. The van der Waals surface area contributed by atoms with Gasteiger partial charge in [0.25, 0.3) is 0 Å². The lowest BCUT2D eigenvalue weighted by Crippen LogP contribution is -2.13. The van der Waals surface area contributed by atoms with E-state index in [0.717, 1.165) is 6.07 Å². The Balaban J connectivity index is 1.93. The summed E-state index contributed by atoms with van der Waals surface area (Å²) in [5.41, 5.74) is 1.35. The third-order valence-corrected chi connectivity index (χ3v) is 5.09. The van der Waals surface area contributed by atoms with Crippen molar-refractivity contribution < 1.29 is 17.6 Å². The highest BCUT2D eigenvalue weighted by Gasteiger charge is 2.21. The Kier molecular flexibility index (Phi) is 6.49. The number of aromatic nitrogens is 2. The van der Waals surface area contributed by atoms with Crippen molar-refractivity contribution in [3.63, 3.8) is 0 Å². The molecular weight excluding hydrogens is 419 g/mol. The van der Waals surface area contributed by atoms with E-state index < -0.39 is 22.5 Å². The van der Waals surface area contributed by atoms with Crippen molar-refractivity contribution in [2.75, 3.05) is 6.54 Å². The van der Waals surface area contributed by atoms with Crippen LogP contribution in [0.5, 0.6) is 0 Å². The Hall–Kier alpha value is -2.93. The number of hydrogen-bond donors (Lipinski definition) is 2. The summed E-state index contributed by atoms with van der Waals surface area (Å²) in [6.07, 6.45) is 2.12. The molecule has 0 unspecified atom stereocenters. The number of carbonyl (C=O) groups is 1. The molecule has 0 aliphatic heterocycles. The Morgan fingerprint density at radius 2 is 2.03 bits per heavy atom. The Bertz CT molecular complexity index is 1220. The van der Waals surface area contributed by atoms with Gasteiger partial charge in [-0.2, -0.15) is 5.26 Å². The van der Waals surface area contributed by atoms with Crippen molar-refractivity contribution in [3.05, 3.63) is 69.8 Å². The minimum absolute atomic E-state index is 0.0153. The monoisotopic (exact) mass is 432 g/mol. The van der Waals surface area contributed by atoms with Crippen LogP contribution in [-0.2, 0) is 17.3 Å². The molecule has 0 atom stereocenters. The predicted molar refractivity (Wildman–Crippen MR) is 106 cm³/mol. The van der Waals surface area contributed by atoms with Crippen molar-refractivity contribution in [1.82, 2.24) is 14.7 Å². The first-order valence-corrected chi connectivity index (χ1v) is 10.0. The molecule has 148 valence electrons.